The molecule has 10 heteroatoms. The minimum atomic E-state index is -0.685. The Morgan fingerprint density at radius 1 is 1.26 bits per heavy atom. The number of aromatic nitrogens is 3. The second kappa shape index (κ2) is 11.6. The third-order valence-electron chi connectivity index (χ3n) is 8.67. The van der Waals surface area contributed by atoms with Crippen molar-refractivity contribution in [3.8, 4) is 0 Å². The molecular formula is C29H37ClFN5O2S. The van der Waals surface area contributed by atoms with Gasteiger partial charge in [-0.25, -0.2) is 9.37 Å². The van der Waals surface area contributed by atoms with Crippen LogP contribution in [0.4, 0.5) is 4.39 Å². The third-order valence-corrected chi connectivity index (χ3v) is 9.68. The molecule has 4 heterocycles. The van der Waals surface area contributed by atoms with Gasteiger partial charge in [-0.15, -0.1) is 11.8 Å². The van der Waals surface area contributed by atoms with Crippen LogP contribution in [-0.2, 0) is 6.54 Å². The van der Waals surface area contributed by atoms with Crippen molar-refractivity contribution in [1.29, 1.82) is 0 Å². The van der Waals surface area contributed by atoms with Gasteiger partial charge in [0.05, 0.1) is 10.6 Å². The largest absolute Gasteiger partial charge is 0.348 e. The molecule has 210 valence electrons. The molecule has 7 nitrogen and oxygen atoms in total. The number of halogens is 2. The summed E-state index contributed by atoms with van der Waals surface area (Å²) in [5.74, 6) is 0.182. The van der Waals surface area contributed by atoms with Gasteiger partial charge in [-0.05, 0) is 77.2 Å². The minimum Gasteiger partial charge on any atom is -0.348 e. The zero-order chi connectivity index (χ0) is 27.8. The van der Waals surface area contributed by atoms with E-state index in [0.29, 0.717) is 46.5 Å². The predicted octanol–water partition coefficient (Wildman–Crippen LogP) is 5.81. The first-order valence-electron chi connectivity index (χ1n) is 13.8. The molecule has 2 N–H and O–H groups in total. The fourth-order valence-corrected chi connectivity index (χ4v) is 7.46. The van der Waals surface area contributed by atoms with Crippen LogP contribution in [0, 0.1) is 19.8 Å². The Morgan fingerprint density at radius 2 is 2.00 bits per heavy atom. The van der Waals surface area contributed by atoms with E-state index in [1.54, 1.807) is 12.3 Å². The average Bonchev–Trinajstić information content (AvgIpc) is 3.47. The van der Waals surface area contributed by atoms with Crippen molar-refractivity contribution in [3.05, 3.63) is 56.2 Å². The van der Waals surface area contributed by atoms with Crippen LogP contribution in [0.3, 0.4) is 0 Å². The maximum absolute atomic E-state index is 13.8. The molecule has 2 fully saturated rings. The fraction of sp³-hybridized carbons (Fsp3) is 0.552. The molecule has 5 rings (SSSR count). The summed E-state index contributed by atoms with van der Waals surface area (Å²) >= 11 is 7.83. The van der Waals surface area contributed by atoms with E-state index in [0.717, 1.165) is 54.2 Å². The number of nitrogens with zero attached hydrogens (tertiary/aromatic N) is 3. The third kappa shape index (κ3) is 5.63. The molecule has 0 unspecified atom stereocenters. The van der Waals surface area contributed by atoms with Crippen molar-refractivity contribution in [1.82, 2.24) is 24.8 Å². The number of nitrogens with one attached hydrogen (secondary N) is 2. The molecule has 1 saturated heterocycles. The lowest BCUT2D eigenvalue weighted by Gasteiger charge is -2.37. The molecule has 0 spiro atoms. The van der Waals surface area contributed by atoms with E-state index in [-0.39, 0.29) is 24.1 Å². The molecule has 1 amide bonds. The maximum Gasteiger partial charge on any atom is 0.254 e. The molecule has 2 aliphatic rings. The Bertz CT molecular complexity index is 1430. The standard InChI is InChI=1S/C29H37ClFN5O2S/c1-16-11-25(39-4)24(28(37)34-16)14-33-29(38)26-18(3)36(27-23(26)12-20(30)13-32-27)17(2)19-5-7-22(8-6-19)35-10-9-21(31)15-35/h11-13,17,19,21-22H,5-10,14-15H2,1-4H3,(H,33,38)(H,34,37)/t17-,19?,21-,22?/m1/s1. The Kier molecular flexibility index (Phi) is 8.40. The molecule has 3 aromatic heterocycles. The van der Waals surface area contributed by atoms with E-state index >= 15 is 0 Å². The highest BCUT2D eigenvalue weighted by Gasteiger charge is 2.34. The Balaban J connectivity index is 1.39. The van der Waals surface area contributed by atoms with Gasteiger partial charge >= 0.3 is 0 Å². The number of fused-ring (bicyclic) bond motifs is 1. The van der Waals surface area contributed by atoms with Gasteiger partial charge in [0.2, 0.25) is 0 Å². The summed E-state index contributed by atoms with van der Waals surface area (Å²) in [5.41, 5.74) is 3.27. The fourth-order valence-electron chi connectivity index (χ4n) is 6.59. The predicted molar refractivity (Wildman–Crippen MR) is 156 cm³/mol. The van der Waals surface area contributed by atoms with Crippen LogP contribution in [0.2, 0.25) is 5.02 Å². The van der Waals surface area contributed by atoms with Gasteiger partial charge in [0, 0.05) is 65.1 Å². The molecule has 1 aliphatic heterocycles. The van der Waals surface area contributed by atoms with Crippen molar-refractivity contribution in [2.45, 2.75) is 82.6 Å². The molecule has 2 atom stereocenters. The summed E-state index contributed by atoms with van der Waals surface area (Å²) in [5, 5.41) is 4.17. The number of aromatic amines is 1. The first-order valence-corrected chi connectivity index (χ1v) is 15.4. The number of hydrogen-bond donors (Lipinski definition) is 2. The highest BCUT2D eigenvalue weighted by Crippen LogP contribution is 2.39. The zero-order valence-electron chi connectivity index (χ0n) is 23.0. The molecule has 1 aliphatic carbocycles. The summed E-state index contributed by atoms with van der Waals surface area (Å²) in [4.78, 5) is 36.9. The van der Waals surface area contributed by atoms with E-state index in [9.17, 15) is 14.0 Å². The van der Waals surface area contributed by atoms with E-state index in [4.69, 9.17) is 11.6 Å². The Labute approximate surface area is 237 Å². The number of alkyl halides is 1. The van der Waals surface area contributed by atoms with Gasteiger partial charge in [0.25, 0.3) is 11.5 Å². The molecule has 0 bridgehead atoms. The lowest BCUT2D eigenvalue weighted by atomic mass is 9.81. The van der Waals surface area contributed by atoms with Gasteiger partial charge in [-0.2, -0.15) is 0 Å². The number of likely N-dealkylation sites (tertiary alicyclic amines) is 1. The number of hydrogen-bond acceptors (Lipinski definition) is 5. The Morgan fingerprint density at radius 3 is 2.67 bits per heavy atom. The van der Waals surface area contributed by atoms with E-state index < -0.39 is 6.17 Å². The van der Waals surface area contributed by atoms with Crippen LogP contribution in [0.1, 0.15) is 72.4 Å². The second-order valence-electron chi connectivity index (χ2n) is 11.1. The average molecular weight is 574 g/mol. The first kappa shape index (κ1) is 28.2. The number of thioether (sulfide) groups is 1. The lowest BCUT2D eigenvalue weighted by molar-refractivity contribution is 0.0950. The first-order chi connectivity index (χ1) is 18.7. The summed E-state index contributed by atoms with van der Waals surface area (Å²) in [6.45, 7) is 7.58. The molecule has 39 heavy (non-hydrogen) atoms. The van der Waals surface area contributed by atoms with Crippen molar-refractivity contribution >= 4 is 40.3 Å². The molecule has 1 saturated carbocycles. The SMILES string of the molecule is CSc1cc(C)[nH]c(=O)c1CNC(=O)c1c(C)n([C@H](C)C2CCC(N3CC[C@@H](F)C3)CC2)c2ncc(Cl)cc12. The smallest absolute Gasteiger partial charge is 0.254 e. The number of H-pyrrole nitrogens is 1. The monoisotopic (exact) mass is 573 g/mol. The van der Waals surface area contributed by atoms with Crippen LogP contribution >= 0.6 is 23.4 Å². The van der Waals surface area contributed by atoms with E-state index in [2.05, 4.69) is 31.7 Å². The highest BCUT2D eigenvalue weighted by molar-refractivity contribution is 7.98. The summed E-state index contributed by atoms with van der Waals surface area (Å²) in [6, 6.07) is 4.33. The number of amides is 1. The normalized spacial score (nSPS) is 22.9. The molecule has 0 aromatic carbocycles. The molecule has 0 radical (unpaired) electrons. The van der Waals surface area contributed by atoms with Crippen molar-refractivity contribution in [2.24, 2.45) is 5.92 Å². The van der Waals surface area contributed by atoms with Crippen molar-refractivity contribution < 1.29 is 9.18 Å². The number of carbonyl (C=O) groups is 1. The van der Waals surface area contributed by atoms with E-state index in [1.165, 1.54) is 11.8 Å². The summed E-state index contributed by atoms with van der Waals surface area (Å²) < 4.78 is 15.9. The van der Waals surface area contributed by atoms with Crippen molar-refractivity contribution in [3.63, 3.8) is 0 Å². The van der Waals surface area contributed by atoms with Crippen LogP contribution in [0.25, 0.3) is 11.0 Å². The molecule has 3 aromatic rings. The van der Waals surface area contributed by atoms with Crippen molar-refractivity contribution in [2.75, 3.05) is 19.3 Å². The van der Waals surface area contributed by atoms with Crippen LogP contribution in [0.5, 0.6) is 0 Å². The van der Waals surface area contributed by atoms with E-state index in [1.807, 2.05) is 26.2 Å². The number of pyridine rings is 2. The number of carbonyl (C=O) groups excluding carboxylic acids is 1. The van der Waals surface area contributed by atoms with Gasteiger partial charge in [0.15, 0.2) is 0 Å². The van der Waals surface area contributed by atoms with Gasteiger partial charge in [0.1, 0.15) is 11.8 Å². The quantitative estimate of drug-likeness (QED) is 0.349. The lowest BCUT2D eigenvalue weighted by Crippen LogP contribution is -2.38. The summed E-state index contributed by atoms with van der Waals surface area (Å²) in [7, 11) is 0. The molecular weight excluding hydrogens is 537 g/mol. The Hall–Kier alpha value is -2.36. The second-order valence-corrected chi connectivity index (χ2v) is 12.3. The maximum atomic E-state index is 13.8. The summed E-state index contributed by atoms with van der Waals surface area (Å²) in [6.07, 6.45) is 7.76. The van der Waals surface area contributed by atoms with Crippen LogP contribution in [0.15, 0.2) is 28.0 Å². The number of aryl methyl sites for hydroxylation is 1. The number of rotatable bonds is 7. The minimum absolute atomic E-state index is 0.126. The van der Waals surface area contributed by atoms with Crippen LogP contribution in [-0.4, -0.2) is 56.9 Å². The topological polar surface area (TPSA) is 83.0 Å². The zero-order valence-corrected chi connectivity index (χ0v) is 24.6. The van der Waals surface area contributed by atoms with Gasteiger partial charge in [-0.3, -0.25) is 14.5 Å². The van der Waals surface area contributed by atoms with Gasteiger partial charge < -0.3 is 14.9 Å². The highest BCUT2D eigenvalue weighted by atomic mass is 35.5. The van der Waals surface area contributed by atoms with Gasteiger partial charge in [-0.1, -0.05) is 11.6 Å². The van der Waals surface area contributed by atoms with Crippen LogP contribution < -0.4 is 10.9 Å².